The first-order chi connectivity index (χ1) is 13.1. The van der Waals surface area contributed by atoms with E-state index in [9.17, 15) is 4.79 Å². The number of hydrogen-bond acceptors (Lipinski definition) is 2. The first-order valence-electron chi connectivity index (χ1n) is 10.4. The van der Waals surface area contributed by atoms with Crippen molar-refractivity contribution in [1.29, 1.82) is 0 Å². The Balaban J connectivity index is 1.53. The van der Waals surface area contributed by atoms with Gasteiger partial charge in [0.2, 0.25) is 5.91 Å². The molecular formula is C24H30N2O. The molecule has 1 aliphatic carbocycles. The molecule has 27 heavy (non-hydrogen) atoms. The fourth-order valence-corrected chi connectivity index (χ4v) is 4.92. The minimum Gasteiger partial charge on any atom is -0.378 e. The Hall–Kier alpha value is -2.29. The highest BCUT2D eigenvalue weighted by molar-refractivity contribution is 5.93. The summed E-state index contributed by atoms with van der Waals surface area (Å²) in [7, 11) is 0. The van der Waals surface area contributed by atoms with Crippen molar-refractivity contribution in [2.24, 2.45) is 0 Å². The van der Waals surface area contributed by atoms with E-state index in [2.05, 4.69) is 54.7 Å². The molecule has 2 aromatic carbocycles. The standard InChI is InChI=1S/C24H30N2O/c1-17-16-23(22-10-6-7-11-24(22)26(17)18(2)27)25-21-14-12-20(13-15-21)19-8-4-3-5-9-19/h6-7,10-15,17,19,23,25H,3-5,8-9,16H2,1-2H3/t17-,23+/m0/s1. The average molecular weight is 363 g/mol. The fourth-order valence-electron chi connectivity index (χ4n) is 4.92. The Kier molecular flexibility index (Phi) is 5.20. The van der Waals surface area contributed by atoms with Gasteiger partial charge in [-0.1, -0.05) is 49.6 Å². The number of carbonyl (C=O) groups is 1. The van der Waals surface area contributed by atoms with Crippen molar-refractivity contribution in [3.63, 3.8) is 0 Å². The quantitative estimate of drug-likeness (QED) is 0.723. The van der Waals surface area contributed by atoms with E-state index < -0.39 is 0 Å². The predicted octanol–water partition coefficient (Wildman–Crippen LogP) is 6.03. The van der Waals surface area contributed by atoms with Crippen molar-refractivity contribution < 1.29 is 4.79 Å². The van der Waals surface area contributed by atoms with Gasteiger partial charge in [-0.3, -0.25) is 4.79 Å². The van der Waals surface area contributed by atoms with Gasteiger partial charge in [0, 0.05) is 24.3 Å². The third-order valence-electron chi connectivity index (χ3n) is 6.26. The van der Waals surface area contributed by atoms with Gasteiger partial charge in [0.1, 0.15) is 0 Å². The summed E-state index contributed by atoms with van der Waals surface area (Å²) in [5, 5.41) is 3.72. The minimum atomic E-state index is 0.116. The van der Waals surface area contributed by atoms with Crippen molar-refractivity contribution >= 4 is 17.3 Å². The highest BCUT2D eigenvalue weighted by Crippen LogP contribution is 2.39. The van der Waals surface area contributed by atoms with Crippen molar-refractivity contribution in [1.82, 2.24) is 0 Å². The first-order valence-corrected chi connectivity index (χ1v) is 10.4. The molecular weight excluding hydrogens is 332 g/mol. The number of para-hydroxylation sites is 1. The van der Waals surface area contributed by atoms with Gasteiger partial charge >= 0.3 is 0 Å². The lowest BCUT2D eigenvalue weighted by Gasteiger charge is -2.39. The summed E-state index contributed by atoms with van der Waals surface area (Å²) in [4.78, 5) is 14.1. The molecule has 1 saturated carbocycles. The fraction of sp³-hybridized carbons (Fsp3) is 0.458. The molecule has 0 aromatic heterocycles. The zero-order valence-electron chi connectivity index (χ0n) is 16.4. The molecule has 1 N–H and O–H groups in total. The topological polar surface area (TPSA) is 32.3 Å². The lowest BCUT2D eigenvalue weighted by molar-refractivity contribution is -0.117. The number of nitrogens with one attached hydrogen (secondary N) is 1. The number of carbonyl (C=O) groups excluding carboxylic acids is 1. The van der Waals surface area contributed by atoms with E-state index in [0.717, 1.165) is 23.7 Å². The van der Waals surface area contributed by atoms with Crippen LogP contribution in [0, 0.1) is 0 Å². The number of hydrogen-bond donors (Lipinski definition) is 1. The van der Waals surface area contributed by atoms with Gasteiger partial charge in [0.25, 0.3) is 0 Å². The Bertz CT molecular complexity index is 792. The van der Waals surface area contributed by atoms with Crippen molar-refractivity contribution in [3.05, 3.63) is 59.7 Å². The van der Waals surface area contributed by atoms with Crippen LogP contribution >= 0.6 is 0 Å². The van der Waals surface area contributed by atoms with E-state index in [1.54, 1.807) is 6.92 Å². The third-order valence-corrected chi connectivity index (χ3v) is 6.26. The highest BCUT2D eigenvalue weighted by atomic mass is 16.2. The molecule has 2 aliphatic rings. The summed E-state index contributed by atoms with van der Waals surface area (Å²) in [5.74, 6) is 0.859. The number of benzene rings is 2. The largest absolute Gasteiger partial charge is 0.378 e. The third kappa shape index (κ3) is 3.73. The van der Waals surface area contributed by atoms with E-state index >= 15 is 0 Å². The maximum atomic E-state index is 12.1. The van der Waals surface area contributed by atoms with Crippen LogP contribution in [-0.2, 0) is 4.79 Å². The molecule has 2 aromatic rings. The number of rotatable bonds is 3. The number of fused-ring (bicyclic) bond motifs is 1. The van der Waals surface area contributed by atoms with Crippen molar-refractivity contribution in [3.8, 4) is 0 Å². The number of amides is 1. The monoisotopic (exact) mass is 362 g/mol. The van der Waals surface area contributed by atoms with Crippen LogP contribution in [0.4, 0.5) is 11.4 Å². The average Bonchev–Trinajstić information content (AvgIpc) is 2.69. The molecule has 0 radical (unpaired) electrons. The van der Waals surface area contributed by atoms with Gasteiger partial charge < -0.3 is 10.2 Å². The number of nitrogens with zero attached hydrogens (tertiary/aromatic N) is 1. The summed E-state index contributed by atoms with van der Waals surface area (Å²) >= 11 is 0. The van der Waals surface area contributed by atoms with E-state index in [1.807, 2.05) is 11.0 Å². The Morgan fingerprint density at radius 1 is 1.00 bits per heavy atom. The van der Waals surface area contributed by atoms with Crippen LogP contribution < -0.4 is 10.2 Å². The molecule has 1 amide bonds. The molecule has 0 spiro atoms. The summed E-state index contributed by atoms with van der Waals surface area (Å²) in [5.41, 5.74) is 4.90. The second-order valence-corrected chi connectivity index (χ2v) is 8.19. The molecule has 0 saturated heterocycles. The van der Waals surface area contributed by atoms with Gasteiger partial charge in [-0.05, 0) is 61.4 Å². The predicted molar refractivity (Wildman–Crippen MR) is 112 cm³/mol. The Labute approximate surface area is 162 Å². The molecule has 1 heterocycles. The highest BCUT2D eigenvalue weighted by Gasteiger charge is 2.32. The molecule has 3 nitrogen and oxygen atoms in total. The molecule has 3 heteroatoms. The SMILES string of the molecule is CC(=O)N1c2ccccc2[C@H](Nc2ccc(C3CCCCC3)cc2)C[C@@H]1C. The van der Waals surface area contributed by atoms with Crippen LogP contribution in [0.5, 0.6) is 0 Å². The zero-order valence-corrected chi connectivity index (χ0v) is 16.4. The summed E-state index contributed by atoms with van der Waals surface area (Å²) in [6, 6.07) is 17.8. The van der Waals surface area contributed by atoms with Crippen LogP contribution in [0.2, 0.25) is 0 Å². The Morgan fingerprint density at radius 3 is 2.41 bits per heavy atom. The van der Waals surface area contributed by atoms with Gasteiger partial charge in [0.05, 0.1) is 6.04 Å². The minimum absolute atomic E-state index is 0.116. The van der Waals surface area contributed by atoms with Crippen LogP contribution in [0.15, 0.2) is 48.5 Å². The molecule has 1 fully saturated rings. The molecule has 2 atom stereocenters. The van der Waals surface area contributed by atoms with Gasteiger partial charge in [-0.2, -0.15) is 0 Å². The van der Waals surface area contributed by atoms with E-state index in [-0.39, 0.29) is 18.0 Å². The van der Waals surface area contributed by atoms with Gasteiger partial charge in [-0.25, -0.2) is 0 Å². The van der Waals surface area contributed by atoms with Gasteiger partial charge in [0.15, 0.2) is 0 Å². The lowest BCUT2D eigenvalue weighted by Crippen LogP contribution is -2.43. The maximum Gasteiger partial charge on any atom is 0.224 e. The van der Waals surface area contributed by atoms with Crippen LogP contribution in [0.3, 0.4) is 0 Å². The molecule has 4 rings (SSSR count). The summed E-state index contributed by atoms with van der Waals surface area (Å²) in [6.07, 6.45) is 7.72. The van der Waals surface area contributed by atoms with E-state index in [1.165, 1.54) is 43.2 Å². The molecule has 0 bridgehead atoms. The second-order valence-electron chi connectivity index (χ2n) is 8.19. The molecule has 142 valence electrons. The second kappa shape index (κ2) is 7.75. The van der Waals surface area contributed by atoms with Crippen molar-refractivity contribution in [2.45, 2.75) is 70.4 Å². The Morgan fingerprint density at radius 2 is 1.70 bits per heavy atom. The number of anilines is 2. The molecule has 0 unspecified atom stereocenters. The van der Waals surface area contributed by atoms with E-state index in [4.69, 9.17) is 0 Å². The first kappa shape index (κ1) is 18.1. The van der Waals surface area contributed by atoms with E-state index in [0.29, 0.717) is 0 Å². The van der Waals surface area contributed by atoms with Crippen molar-refractivity contribution in [2.75, 3.05) is 10.2 Å². The van der Waals surface area contributed by atoms with Crippen LogP contribution in [-0.4, -0.2) is 11.9 Å². The zero-order chi connectivity index (χ0) is 18.8. The molecule has 1 aliphatic heterocycles. The summed E-state index contributed by atoms with van der Waals surface area (Å²) < 4.78 is 0. The van der Waals surface area contributed by atoms with Crippen LogP contribution in [0.25, 0.3) is 0 Å². The summed E-state index contributed by atoms with van der Waals surface area (Å²) in [6.45, 7) is 3.79. The lowest BCUT2D eigenvalue weighted by atomic mass is 9.84. The van der Waals surface area contributed by atoms with Crippen LogP contribution in [0.1, 0.15) is 75.5 Å². The maximum absolute atomic E-state index is 12.1. The normalized spacial score (nSPS) is 23.0. The smallest absolute Gasteiger partial charge is 0.224 e. The van der Waals surface area contributed by atoms with Gasteiger partial charge in [-0.15, -0.1) is 0 Å².